The molecule has 4 rings (SSSR count). The van der Waals surface area contributed by atoms with E-state index in [1.807, 2.05) is 0 Å². The lowest BCUT2D eigenvalue weighted by Crippen LogP contribution is -2.37. The molecule has 2 fully saturated rings. The van der Waals surface area contributed by atoms with E-state index in [1.165, 1.54) is 12.1 Å². The Morgan fingerprint density at radius 3 is 2.24 bits per heavy atom. The van der Waals surface area contributed by atoms with E-state index in [0.29, 0.717) is 30.3 Å². The molecule has 8 heteroatoms. The van der Waals surface area contributed by atoms with Crippen molar-refractivity contribution in [1.29, 1.82) is 0 Å². The Kier molecular flexibility index (Phi) is 6.01. The van der Waals surface area contributed by atoms with Gasteiger partial charge in [-0.25, -0.2) is 17.8 Å². The summed E-state index contributed by atoms with van der Waals surface area (Å²) in [5.74, 6) is 0.297. The Hall–Kier alpha value is -2.19. The predicted molar refractivity (Wildman–Crippen MR) is 112 cm³/mol. The first-order valence-corrected chi connectivity index (χ1v) is 11.7. The van der Waals surface area contributed by atoms with Crippen LogP contribution in [-0.2, 0) is 10.0 Å². The van der Waals surface area contributed by atoms with Gasteiger partial charge >= 0.3 is 0 Å². The molecule has 156 valence electrons. The van der Waals surface area contributed by atoms with Crippen LogP contribution < -0.4 is 9.80 Å². The van der Waals surface area contributed by atoms with Crippen molar-refractivity contribution in [1.82, 2.24) is 9.29 Å². The van der Waals surface area contributed by atoms with Gasteiger partial charge in [0.05, 0.1) is 0 Å². The lowest BCUT2D eigenvalue weighted by molar-refractivity contribution is 0.346. The van der Waals surface area contributed by atoms with Crippen molar-refractivity contribution in [2.24, 2.45) is 0 Å². The van der Waals surface area contributed by atoms with Crippen LogP contribution in [0.3, 0.4) is 0 Å². The minimum atomic E-state index is -3.55. The molecule has 2 saturated heterocycles. The topological polar surface area (TPSA) is 56.8 Å². The van der Waals surface area contributed by atoms with E-state index < -0.39 is 10.0 Å². The van der Waals surface area contributed by atoms with Gasteiger partial charge < -0.3 is 9.80 Å². The van der Waals surface area contributed by atoms with E-state index in [9.17, 15) is 12.8 Å². The molecule has 0 N–H and O–H groups in total. The number of nitrogens with zero attached hydrogens (tertiary/aromatic N) is 4. The summed E-state index contributed by atoms with van der Waals surface area (Å²) in [6.07, 6.45) is 5.43. The molecule has 0 saturated carbocycles. The van der Waals surface area contributed by atoms with Gasteiger partial charge in [0.25, 0.3) is 0 Å². The number of pyridine rings is 1. The van der Waals surface area contributed by atoms with Crippen LogP contribution in [0.4, 0.5) is 15.9 Å². The number of hydrogen-bond donors (Lipinski definition) is 0. The van der Waals surface area contributed by atoms with E-state index in [0.717, 1.165) is 51.0 Å². The average molecular weight is 419 g/mol. The zero-order valence-electron chi connectivity index (χ0n) is 16.5. The monoisotopic (exact) mass is 418 g/mol. The summed E-state index contributed by atoms with van der Waals surface area (Å²) >= 11 is 0. The molecule has 0 spiro atoms. The molecule has 0 radical (unpaired) electrons. The number of anilines is 2. The average Bonchev–Trinajstić information content (AvgIpc) is 3.01. The van der Waals surface area contributed by atoms with E-state index in [4.69, 9.17) is 0 Å². The normalized spacial score (nSPS) is 19.2. The molecular formula is C21H27FN4O2S. The minimum absolute atomic E-state index is 0.244. The summed E-state index contributed by atoms with van der Waals surface area (Å²) in [5, 5.41) is 0. The maximum atomic E-state index is 13.3. The van der Waals surface area contributed by atoms with Crippen molar-refractivity contribution in [2.45, 2.75) is 30.6 Å². The van der Waals surface area contributed by atoms with Gasteiger partial charge in [-0.05, 0) is 55.7 Å². The molecule has 0 amide bonds. The van der Waals surface area contributed by atoms with Crippen molar-refractivity contribution in [2.75, 3.05) is 49.1 Å². The number of sulfonamides is 1. The molecule has 0 unspecified atom stereocenters. The van der Waals surface area contributed by atoms with Gasteiger partial charge in [0.2, 0.25) is 10.0 Å². The Morgan fingerprint density at radius 1 is 0.793 bits per heavy atom. The Balaban J connectivity index is 1.55. The number of aromatic nitrogens is 1. The van der Waals surface area contributed by atoms with Crippen LogP contribution in [0.2, 0.25) is 0 Å². The van der Waals surface area contributed by atoms with Crippen molar-refractivity contribution in [3.8, 4) is 0 Å². The first kappa shape index (κ1) is 20.1. The summed E-state index contributed by atoms with van der Waals surface area (Å²) in [7, 11) is -3.55. The summed E-state index contributed by atoms with van der Waals surface area (Å²) in [5.41, 5.74) is 0.982. The fraction of sp³-hybridized carbons (Fsp3) is 0.476. The number of hydrogen-bond acceptors (Lipinski definition) is 5. The lowest BCUT2D eigenvalue weighted by Gasteiger charge is -2.29. The predicted octanol–water partition coefficient (Wildman–Crippen LogP) is 3.11. The zero-order valence-corrected chi connectivity index (χ0v) is 17.3. The van der Waals surface area contributed by atoms with Gasteiger partial charge in [0.15, 0.2) is 0 Å². The van der Waals surface area contributed by atoms with Crippen LogP contribution in [0.5, 0.6) is 0 Å². The van der Waals surface area contributed by atoms with E-state index in [1.54, 1.807) is 34.8 Å². The first-order chi connectivity index (χ1) is 14.1. The molecule has 1 aromatic heterocycles. The lowest BCUT2D eigenvalue weighted by atomic mass is 10.2. The highest BCUT2D eigenvalue weighted by atomic mass is 32.2. The van der Waals surface area contributed by atoms with Crippen LogP contribution in [0.15, 0.2) is 47.5 Å². The molecule has 29 heavy (non-hydrogen) atoms. The van der Waals surface area contributed by atoms with Gasteiger partial charge in [-0.2, -0.15) is 4.31 Å². The third-order valence-corrected chi connectivity index (χ3v) is 7.59. The van der Waals surface area contributed by atoms with Gasteiger partial charge in [0.1, 0.15) is 16.5 Å². The molecular weight excluding hydrogens is 391 g/mol. The second kappa shape index (κ2) is 8.67. The van der Waals surface area contributed by atoms with Crippen LogP contribution in [0.25, 0.3) is 0 Å². The third kappa shape index (κ3) is 4.38. The molecule has 0 aliphatic carbocycles. The smallest absolute Gasteiger partial charge is 0.246 e. The molecule has 0 atom stereocenters. The fourth-order valence-corrected chi connectivity index (χ4v) is 5.78. The Morgan fingerprint density at radius 2 is 1.48 bits per heavy atom. The summed E-state index contributed by atoms with van der Waals surface area (Å²) in [6.45, 7) is 4.12. The van der Waals surface area contributed by atoms with Gasteiger partial charge in [0, 0.05) is 51.2 Å². The molecule has 2 aromatic rings. The minimum Gasteiger partial charge on any atom is -0.370 e. The number of benzene rings is 1. The number of piperidine rings is 1. The maximum absolute atomic E-state index is 13.3. The summed E-state index contributed by atoms with van der Waals surface area (Å²) in [4.78, 5) is 9.05. The number of halogens is 1. The highest BCUT2D eigenvalue weighted by Gasteiger charge is 2.31. The SMILES string of the molecule is O=S(=O)(c1cccnc1N1CCCN(c2ccc(F)cc2)CC1)N1CCCCC1. The second-order valence-electron chi connectivity index (χ2n) is 7.59. The number of rotatable bonds is 4. The van der Waals surface area contributed by atoms with E-state index in [2.05, 4.69) is 14.8 Å². The van der Waals surface area contributed by atoms with Gasteiger partial charge in [-0.3, -0.25) is 0 Å². The summed E-state index contributed by atoms with van der Waals surface area (Å²) < 4.78 is 41.4. The largest absolute Gasteiger partial charge is 0.370 e. The van der Waals surface area contributed by atoms with Crippen molar-refractivity contribution >= 4 is 21.5 Å². The van der Waals surface area contributed by atoms with Crippen LogP contribution in [0, 0.1) is 5.82 Å². The Labute approximate surface area is 172 Å². The van der Waals surface area contributed by atoms with E-state index >= 15 is 0 Å². The Bertz CT molecular complexity index is 930. The molecule has 2 aliphatic rings. The zero-order chi connectivity index (χ0) is 20.3. The summed E-state index contributed by atoms with van der Waals surface area (Å²) in [6, 6.07) is 9.90. The second-order valence-corrected chi connectivity index (χ2v) is 9.50. The van der Waals surface area contributed by atoms with E-state index in [-0.39, 0.29) is 5.82 Å². The first-order valence-electron chi connectivity index (χ1n) is 10.3. The highest BCUT2D eigenvalue weighted by Crippen LogP contribution is 2.29. The molecule has 3 heterocycles. The van der Waals surface area contributed by atoms with Crippen molar-refractivity contribution < 1.29 is 12.8 Å². The quantitative estimate of drug-likeness (QED) is 0.764. The molecule has 6 nitrogen and oxygen atoms in total. The standard InChI is InChI=1S/C21H27FN4O2S/c22-18-7-9-19(10-8-18)24-12-5-13-25(17-16-24)21-20(6-4-11-23-21)29(27,28)26-14-2-1-3-15-26/h4,6-11H,1-3,5,12-17H2. The molecule has 2 aliphatic heterocycles. The highest BCUT2D eigenvalue weighted by molar-refractivity contribution is 7.89. The van der Waals surface area contributed by atoms with Crippen LogP contribution >= 0.6 is 0 Å². The maximum Gasteiger partial charge on any atom is 0.246 e. The fourth-order valence-electron chi connectivity index (χ4n) is 4.10. The van der Waals surface area contributed by atoms with Crippen molar-refractivity contribution in [3.05, 3.63) is 48.4 Å². The van der Waals surface area contributed by atoms with Gasteiger partial charge in [-0.1, -0.05) is 6.42 Å². The molecule has 0 bridgehead atoms. The van der Waals surface area contributed by atoms with Gasteiger partial charge in [-0.15, -0.1) is 0 Å². The van der Waals surface area contributed by atoms with Crippen LogP contribution in [0.1, 0.15) is 25.7 Å². The van der Waals surface area contributed by atoms with Crippen molar-refractivity contribution in [3.63, 3.8) is 0 Å². The van der Waals surface area contributed by atoms with Crippen LogP contribution in [-0.4, -0.2) is 57.0 Å². The molecule has 1 aromatic carbocycles. The third-order valence-electron chi connectivity index (χ3n) is 5.67.